The standard InChI is InChI=1S/C16H24ClNO/c1-2-5-14(12-8-10-13(17)11-9-12)18-15-6-3-4-7-16(15)19/h8-11,14-16,18-19H,2-7H2,1H3. The third-order valence-electron chi connectivity index (χ3n) is 3.99. The van der Waals surface area contributed by atoms with E-state index in [0.717, 1.165) is 37.1 Å². The second-order valence-electron chi connectivity index (χ2n) is 5.52. The highest BCUT2D eigenvalue weighted by molar-refractivity contribution is 6.30. The van der Waals surface area contributed by atoms with Crippen LogP contribution in [0, 0.1) is 0 Å². The Kier molecular flexibility index (Phi) is 5.68. The van der Waals surface area contributed by atoms with Crippen LogP contribution in [0.2, 0.25) is 5.02 Å². The first kappa shape index (κ1) is 14.8. The number of hydrogen-bond acceptors (Lipinski definition) is 2. The second kappa shape index (κ2) is 7.28. The molecule has 0 spiro atoms. The third kappa shape index (κ3) is 4.20. The molecule has 0 saturated heterocycles. The zero-order chi connectivity index (χ0) is 13.7. The fourth-order valence-electron chi connectivity index (χ4n) is 2.89. The van der Waals surface area contributed by atoms with E-state index in [-0.39, 0.29) is 12.1 Å². The van der Waals surface area contributed by atoms with Crippen LogP contribution in [0.15, 0.2) is 24.3 Å². The fourth-order valence-corrected chi connectivity index (χ4v) is 3.02. The van der Waals surface area contributed by atoms with Gasteiger partial charge in [0.25, 0.3) is 0 Å². The van der Waals surface area contributed by atoms with E-state index < -0.39 is 0 Å². The Hall–Kier alpha value is -0.570. The number of rotatable bonds is 5. The quantitative estimate of drug-likeness (QED) is 0.852. The molecule has 106 valence electrons. The first-order valence-corrected chi connectivity index (χ1v) is 7.78. The smallest absolute Gasteiger partial charge is 0.0693 e. The molecule has 3 unspecified atom stereocenters. The van der Waals surface area contributed by atoms with Gasteiger partial charge in [0.1, 0.15) is 0 Å². The highest BCUT2D eigenvalue weighted by Gasteiger charge is 2.25. The highest BCUT2D eigenvalue weighted by Crippen LogP contribution is 2.25. The lowest BCUT2D eigenvalue weighted by molar-refractivity contribution is 0.0840. The first-order chi connectivity index (χ1) is 9.20. The van der Waals surface area contributed by atoms with Crippen molar-refractivity contribution in [1.29, 1.82) is 0 Å². The van der Waals surface area contributed by atoms with Crippen molar-refractivity contribution in [2.24, 2.45) is 0 Å². The van der Waals surface area contributed by atoms with E-state index in [1.807, 2.05) is 12.1 Å². The summed E-state index contributed by atoms with van der Waals surface area (Å²) in [7, 11) is 0. The normalized spacial score (nSPS) is 25.2. The zero-order valence-electron chi connectivity index (χ0n) is 11.6. The van der Waals surface area contributed by atoms with Gasteiger partial charge in [-0.3, -0.25) is 0 Å². The number of halogens is 1. The van der Waals surface area contributed by atoms with Crippen LogP contribution in [0.1, 0.15) is 57.1 Å². The first-order valence-electron chi connectivity index (χ1n) is 7.40. The Morgan fingerprint density at radius 3 is 2.58 bits per heavy atom. The van der Waals surface area contributed by atoms with Crippen LogP contribution in [0.3, 0.4) is 0 Å². The van der Waals surface area contributed by atoms with E-state index in [1.165, 1.54) is 12.0 Å². The molecule has 1 aliphatic carbocycles. The number of benzene rings is 1. The molecular weight excluding hydrogens is 258 g/mol. The van der Waals surface area contributed by atoms with E-state index in [0.29, 0.717) is 6.04 Å². The van der Waals surface area contributed by atoms with Crippen LogP contribution in [0.4, 0.5) is 0 Å². The minimum absolute atomic E-state index is 0.194. The highest BCUT2D eigenvalue weighted by atomic mass is 35.5. The fraction of sp³-hybridized carbons (Fsp3) is 0.625. The summed E-state index contributed by atoms with van der Waals surface area (Å²) in [4.78, 5) is 0. The van der Waals surface area contributed by atoms with E-state index in [2.05, 4.69) is 24.4 Å². The molecule has 19 heavy (non-hydrogen) atoms. The van der Waals surface area contributed by atoms with Crippen molar-refractivity contribution in [3.63, 3.8) is 0 Å². The summed E-state index contributed by atoms with van der Waals surface area (Å²) >= 11 is 5.95. The van der Waals surface area contributed by atoms with E-state index >= 15 is 0 Å². The topological polar surface area (TPSA) is 32.3 Å². The molecule has 3 heteroatoms. The van der Waals surface area contributed by atoms with Crippen LogP contribution in [0.5, 0.6) is 0 Å². The van der Waals surface area contributed by atoms with Gasteiger partial charge >= 0.3 is 0 Å². The molecular formula is C16H24ClNO. The molecule has 2 N–H and O–H groups in total. The summed E-state index contributed by atoms with van der Waals surface area (Å²) in [6.45, 7) is 2.20. The molecule has 1 aromatic rings. The molecule has 1 aliphatic rings. The predicted molar refractivity (Wildman–Crippen MR) is 80.5 cm³/mol. The molecule has 2 nitrogen and oxygen atoms in total. The van der Waals surface area contributed by atoms with Crippen LogP contribution in [0.25, 0.3) is 0 Å². The maximum atomic E-state index is 10.1. The number of aliphatic hydroxyl groups excluding tert-OH is 1. The van der Waals surface area contributed by atoms with E-state index in [9.17, 15) is 5.11 Å². The van der Waals surface area contributed by atoms with Crippen LogP contribution < -0.4 is 5.32 Å². The molecule has 0 amide bonds. The van der Waals surface area contributed by atoms with Gasteiger partial charge < -0.3 is 10.4 Å². The van der Waals surface area contributed by atoms with Gasteiger partial charge in [0, 0.05) is 17.1 Å². The molecule has 2 rings (SSSR count). The van der Waals surface area contributed by atoms with Gasteiger partial charge in [-0.2, -0.15) is 0 Å². The molecule has 1 saturated carbocycles. The van der Waals surface area contributed by atoms with Crippen molar-refractivity contribution < 1.29 is 5.11 Å². The molecule has 1 fully saturated rings. The van der Waals surface area contributed by atoms with Crippen molar-refractivity contribution >= 4 is 11.6 Å². The van der Waals surface area contributed by atoms with Crippen molar-refractivity contribution in [3.05, 3.63) is 34.9 Å². The van der Waals surface area contributed by atoms with E-state index in [4.69, 9.17) is 11.6 Å². The minimum Gasteiger partial charge on any atom is -0.392 e. The van der Waals surface area contributed by atoms with Gasteiger partial charge in [0.15, 0.2) is 0 Å². The Morgan fingerprint density at radius 2 is 1.95 bits per heavy atom. The number of aliphatic hydroxyl groups is 1. The summed E-state index contributed by atoms with van der Waals surface area (Å²) in [5, 5.41) is 14.5. The molecule has 0 aliphatic heterocycles. The monoisotopic (exact) mass is 281 g/mol. The third-order valence-corrected chi connectivity index (χ3v) is 4.25. The molecule has 3 atom stereocenters. The van der Waals surface area contributed by atoms with Gasteiger partial charge in [-0.1, -0.05) is 49.9 Å². The summed E-state index contributed by atoms with van der Waals surface area (Å²) in [6.07, 6.45) is 6.40. The molecule has 1 aromatic carbocycles. The van der Waals surface area contributed by atoms with Crippen LogP contribution in [-0.4, -0.2) is 17.3 Å². The van der Waals surface area contributed by atoms with Gasteiger partial charge in [-0.25, -0.2) is 0 Å². The lowest BCUT2D eigenvalue weighted by atomic mass is 9.90. The maximum Gasteiger partial charge on any atom is 0.0693 e. The SMILES string of the molecule is CCCC(NC1CCCCC1O)c1ccc(Cl)cc1. The largest absolute Gasteiger partial charge is 0.392 e. The minimum atomic E-state index is -0.194. The van der Waals surface area contributed by atoms with Gasteiger partial charge in [-0.05, 0) is 37.0 Å². The summed E-state index contributed by atoms with van der Waals surface area (Å²) in [5.41, 5.74) is 1.27. The lowest BCUT2D eigenvalue weighted by Gasteiger charge is -2.32. The Labute approximate surface area is 121 Å². The average Bonchev–Trinajstić information content (AvgIpc) is 2.42. The van der Waals surface area contributed by atoms with Gasteiger partial charge in [-0.15, -0.1) is 0 Å². The lowest BCUT2D eigenvalue weighted by Crippen LogP contribution is -2.43. The summed E-state index contributed by atoms with van der Waals surface area (Å²) in [5.74, 6) is 0. The number of hydrogen-bond donors (Lipinski definition) is 2. The van der Waals surface area contributed by atoms with Crippen LogP contribution in [-0.2, 0) is 0 Å². The zero-order valence-corrected chi connectivity index (χ0v) is 12.4. The van der Waals surface area contributed by atoms with Gasteiger partial charge in [0.05, 0.1) is 6.10 Å². The molecule has 0 heterocycles. The second-order valence-corrected chi connectivity index (χ2v) is 5.95. The Bertz CT molecular complexity index is 379. The molecule has 0 bridgehead atoms. The molecule has 0 radical (unpaired) electrons. The van der Waals surface area contributed by atoms with Crippen molar-refractivity contribution in [1.82, 2.24) is 5.32 Å². The summed E-state index contributed by atoms with van der Waals surface area (Å²) < 4.78 is 0. The maximum absolute atomic E-state index is 10.1. The Balaban J connectivity index is 2.04. The summed E-state index contributed by atoms with van der Waals surface area (Å²) in [6, 6.07) is 8.62. The number of nitrogens with one attached hydrogen (secondary N) is 1. The van der Waals surface area contributed by atoms with Gasteiger partial charge in [0.2, 0.25) is 0 Å². The predicted octanol–water partition coefficient (Wildman–Crippen LogP) is 4.07. The van der Waals surface area contributed by atoms with E-state index in [1.54, 1.807) is 0 Å². The van der Waals surface area contributed by atoms with Crippen molar-refractivity contribution in [3.8, 4) is 0 Å². The van der Waals surface area contributed by atoms with Crippen LogP contribution >= 0.6 is 11.6 Å². The molecule has 0 aromatic heterocycles. The average molecular weight is 282 g/mol. The van der Waals surface area contributed by atoms with Crippen molar-refractivity contribution in [2.75, 3.05) is 0 Å². The Morgan fingerprint density at radius 1 is 1.26 bits per heavy atom. The van der Waals surface area contributed by atoms with Crippen molar-refractivity contribution in [2.45, 2.75) is 63.6 Å².